The van der Waals surface area contributed by atoms with Crippen molar-refractivity contribution in [1.29, 1.82) is 0 Å². The van der Waals surface area contributed by atoms with Crippen LogP contribution in [0.1, 0.15) is 51.6 Å². The third-order valence-electron chi connectivity index (χ3n) is 3.54. The van der Waals surface area contributed by atoms with Crippen molar-refractivity contribution >= 4 is 11.9 Å². The smallest absolute Gasteiger partial charge is 0.333 e. The van der Waals surface area contributed by atoms with E-state index in [4.69, 9.17) is 4.74 Å². The molecule has 1 aromatic rings. The third kappa shape index (κ3) is 4.31. The van der Waals surface area contributed by atoms with Crippen molar-refractivity contribution in [2.45, 2.75) is 51.7 Å². The molecule has 0 aliphatic heterocycles. The first-order valence-electron chi connectivity index (χ1n) is 7.45. The van der Waals surface area contributed by atoms with Crippen LogP contribution in [0.15, 0.2) is 30.3 Å². The summed E-state index contributed by atoms with van der Waals surface area (Å²) >= 11 is 0. The number of rotatable bonds is 4. The molecule has 0 bridgehead atoms. The summed E-state index contributed by atoms with van der Waals surface area (Å²) < 4.78 is 5.43. The molecule has 0 radical (unpaired) electrons. The van der Waals surface area contributed by atoms with E-state index in [0.717, 1.165) is 24.8 Å². The molecule has 2 rings (SSSR count). The van der Waals surface area contributed by atoms with Crippen LogP contribution in [0.2, 0.25) is 0 Å². The average Bonchev–Trinajstić information content (AvgIpc) is 2.32. The van der Waals surface area contributed by atoms with E-state index in [2.05, 4.69) is 5.32 Å². The summed E-state index contributed by atoms with van der Waals surface area (Å²) in [5, 5.41) is 2.84. The molecule has 1 aliphatic rings. The highest BCUT2D eigenvalue weighted by Gasteiger charge is 2.32. The van der Waals surface area contributed by atoms with Gasteiger partial charge in [0.1, 0.15) is 5.60 Å². The van der Waals surface area contributed by atoms with Gasteiger partial charge in [-0.25, -0.2) is 4.79 Å². The quantitative estimate of drug-likeness (QED) is 0.867. The number of nitrogens with one attached hydrogen (secondary N) is 1. The lowest BCUT2D eigenvalue weighted by atomic mass is 9.84. The number of benzene rings is 1. The second kappa shape index (κ2) is 6.29. The van der Waals surface area contributed by atoms with Crippen LogP contribution < -0.4 is 5.32 Å². The van der Waals surface area contributed by atoms with E-state index in [1.807, 2.05) is 51.1 Å². The zero-order chi connectivity index (χ0) is 15.5. The van der Waals surface area contributed by atoms with Crippen molar-refractivity contribution in [3.05, 3.63) is 35.9 Å². The number of esters is 1. The van der Waals surface area contributed by atoms with Gasteiger partial charge in [-0.05, 0) is 39.2 Å². The van der Waals surface area contributed by atoms with Crippen molar-refractivity contribution in [1.82, 2.24) is 5.32 Å². The Morgan fingerprint density at radius 1 is 1.19 bits per heavy atom. The molecule has 1 amide bonds. The molecule has 0 heterocycles. The molecular weight excluding hydrogens is 266 g/mol. The molecule has 1 aliphatic carbocycles. The molecule has 1 saturated carbocycles. The van der Waals surface area contributed by atoms with Crippen molar-refractivity contribution in [2.24, 2.45) is 5.92 Å². The first-order chi connectivity index (χ1) is 9.87. The van der Waals surface area contributed by atoms with Crippen molar-refractivity contribution < 1.29 is 14.3 Å². The zero-order valence-corrected chi connectivity index (χ0v) is 12.9. The Balaban J connectivity index is 2.14. The fourth-order valence-corrected chi connectivity index (χ4v) is 2.22. The van der Waals surface area contributed by atoms with Crippen LogP contribution in [0.25, 0.3) is 0 Å². The predicted molar refractivity (Wildman–Crippen MR) is 80.5 cm³/mol. The number of ether oxygens (including phenoxy) is 1. The Hall–Kier alpha value is -1.84. The molecule has 0 spiro atoms. The van der Waals surface area contributed by atoms with Crippen LogP contribution in [0.3, 0.4) is 0 Å². The molecular formula is C17H23NO3. The minimum absolute atomic E-state index is 0.0404. The Morgan fingerprint density at radius 3 is 2.29 bits per heavy atom. The topological polar surface area (TPSA) is 55.4 Å². The van der Waals surface area contributed by atoms with Gasteiger partial charge in [-0.3, -0.25) is 4.79 Å². The summed E-state index contributed by atoms with van der Waals surface area (Å²) in [5.41, 5.74) is 0.171. The fourth-order valence-electron chi connectivity index (χ4n) is 2.22. The Labute approximate surface area is 125 Å². The van der Waals surface area contributed by atoms with Gasteiger partial charge in [-0.1, -0.05) is 36.8 Å². The van der Waals surface area contributed by atoms with Gasteiger partial charge in [-0.2, -0.15) is 0 Å². The number of carbonyl (C=O) groups is 2. The van der Waals surface area contributed by atoms with Crippen LogP contribution in [0.5, 0.6) is 0 Å². The molecule has 0 unspecified atom stereocenters. The largest absolute Gasteiger partial charge is 0.458 e. The summed E-state index contributed by atoms with van der Waals surface area (Å²) in [6, 6.07) is 8.50. The van der Waals surface area contributed by atoms with E-state index in [9.17, 15) is 9.59 Å². The Kier molecular flexibility index (Phi) is 4.66. The maximum atomic E-state index is 12.4. The summed E-state index contributed by atoms with van der Waals surface area (Å²) in [5.74, 6) is -0.430. The van der Waals surface area contributed by atoms with Gasteiger partial charge < -0.3 is 10.1 Å². The highest BCUT2D eigenvalue weighted by atomic mass is 16.6. The van der Waals surface area contributed by atoms with Gasteiger partial charge in [0.2, 0.25) is 5.91 Å². The van der Waals surface area contributed by atoms with Gasteiger partial charge in [0.05, 0.1) is 0 Å². The molecule has 4 heteroatoms. The highest BCUT2D eigenvalue weighted by molar-refractivity contribution is 5.87. The maximum Gasteiger partial charge on any atom is 0.333 e. The van der Waals surface area contributed by atoms with E-state index < -0.39 is 17.6 Å². The molecule has 1 aromatic carbocycles. The summed E-state index contributed by atoms with van der Waals surface area (Å²) in [6.07, 6.45) is 2.89. The van der Waals surface area contributed by atoms with Gasteiger partial charge in [0, 0.05) is 5.92 Å². The lowest BCUT2D eigenvalue weighted by Gasteiger charge is -2.28. The van der Waals surface area contributed by atoms with Gasteiger partial charge in [0.15, 0.2) is 6.04 Å². The summed E-state index contributed by atoms with van der Waals surface area (Å²) in [4.78, 5) is 24.5. The van der Waals surface area contributed by atoms with Crippen LogP contribution in [0.4, 0.5) is 0 Å². The van der Waals surface area contributed by atoms with Crippen LogP contribution in [-0.4, -0.2) is 17.5 Å². The first-order valence-corrected chi connectivity index (χ1v) is 7.45. The molecule has 21 heavy (non-hydrogen) atoms. The monoisotopic (exact) mass is 289 g/mol. The minimum atomic E-state index is -0.737. The van der Waals surface area contributed by atoms with Crippen molar-refractivity contribution in [3.8, 4) is 0 Å². The summed E-state index contributed by atoms with van der Waals surface area (Å²) in [7, 11) is 0. The van der Waals surface area contributed by atoms with E-state index >= 15 is 0 Å². The standard InChI is InChI=1S/C17H23NO3/c1-17(2,3)21-16(20)14(12-8-5-4-6-9-12)18-15(19)13-10-7-11-13/h4-6,8-9,13-14H,7,10-11H2,1-3H3,(H,18,19)/t14-/m0/s1. The maximum absolute atomic E-state index is 12.4. The van der Waals surface area contributed by atoms with Crippen LogP contribution in [0, 0.1) is 5.92 Å². The predicted octanol–water partition coefficient (Wildman–Crippen LogP) is 2.99. The van der Waals surface area contributed by atoms with Crippen molar-refractivity contribution in [3.63, 3.8) is 0 Å². The van der Waals surface area contributed by atoms with E-state index in [-0.39, 0.29) is 11.8 Å². The van der Waals surface area contributed by atoms with Crippen molar-refractivity contribution in [2.75, 3.05) is 0 Å². The Morgan fingerprint density at radius 2 is 1.81 bits per heavy atom. The van der Waals surface area contributed by atoms with Gasteiger partial charge in [-0.15, -0.1) is 0 Å². The third-order valence-corrected chi connectivity index (χ3v) is 3.54. The second-order valence-corrected chi connectivity index (χ2v) is 6.51. The molecule has 1 atom stereocenters. The molecule has 1 N–H and O–H groups in total. The summed E-state index contributed by atoms with van der Waals surface area (Å²) in [6.45, 7) is 5.46. The lowest BCUT2D eigenvalue weighted by molar-refractivity contribution is -0.159. The fraction of sp³-hybridized carbons (Fsp3) is 0.529. The second-order valence-electron chi connectivity index (χ2n) is 6.51. The van der Waals surface area contributed by atoms with E-state index in [1.54, 1.807) is 0 Å². The Bertz CT molecular complexity index is 501. The van der Waals surface area contributed by atoms with E-state index in [1.165, 1.54) is 0 Å². The van der Waals surface area contributed by atoms with Gasteiger partial charge >= 0.3 is 5.97 Å². The number of amides is 1. The number of carbonyl (C=O) groups excluding carboxylic acids is 2. The normalized spacial score (nSPS) is 16.7. The number of hydrogen-bond acceptors (Lipinski definition) is 3. The zero-order valence-electron chi connectivity index (χ0n) is 12.9. The minimum Gasteiger partial charge on any atom is -0.458 e. The van der Waals surface area contributed by atoms with Crippen LogP contribution >= 0.6 is 0 Å². The van der Waals surface area contributed by atoms with Gasteiger partial charge in [0.25, 0.3) is 0 Å². The molecule has 114 valence electrons. The van der Waals surface area contributed by atoms with E-state index in [0.29, 0.717) is 0 Å². The van der Waals surface area contributed by atoms with Crippen LogP contribution in [-0.2, 0) is 14.3 Å². The molecule has 4 nitrogen and oxygen atoms in total. The average molecular weight is 289 g/mol. The SMILES string of the molecule is CC(C)(C)OC(=O)[C@@H](NC(=O)C1CCC1)c1ccccc1. The molecule has 1 fully saturated rings. The highest BCUT2D eigenvalue weighted by Crippen LogP contribution is 2.28. The lowest BCUT2D eigenvalue weighted by Crippen LogP contribution is -2.42. The molecule has 0 aromatic heterocycles. The molecule has 0 saturated heterocycles. The number of hydrogen-bond donors (Lipinski definition) is 1. The first kappa shape index (κ1) is 15.5.